The Labute approximate surface area is 359 Å². The van der Waals surface area contributed by atoms with Gasteiger partial charge in [-0.15, -0.1) is 0 Å². The molecule has 2 atom stereocenters. The number of unbranched alkanes of at least 4 members (excludes halogenated alkanes) is 12. The van der Waals surface area contributed by atoms with Crippen molar-refractivity contribution in [3.05, 3.63) is 97.2 Å². The maximum absolute atomic E-state index is 12.6. The van der Waals surface area contributed by atoms with Crippen LogP contribution in [0.3, 0.4) is 0 Å². The summed E-state index contributed by atoms with van der Waals surface area (Å²) < 4.78 is 32.8. The van der Waals surface area contributed by atoms with Crippen LogP contribution in [0.25, 0.3) is 0 Å². The lowest BCUT2D eigenvalue weighted by atomic mass is 10.1. The van der Waals surface area contributed by atoms with Gasteiger partial charge in [-0.25, -0.2) is 4.57 Å². The molecule has 59 heavy (non-hydrogen) atoms. The third-order valence-electron chi connectivity index (χ3n) is 8.94. The molecule has 0 spiro atoms. The van der Waals surface area contributed by atoms with Crippen LogP contribution in [-0.2, 0) is 32.7 Å². The summed E-state index contributed by atoms with van der Waals surface area (Å²) in [5.74, 6) is -0.910. The number of allylic oxidation sites excluding steroid dienone is 16. The van der Waals surface area contributed by atoms with Gasteiger partial charge in [-0.1, -0.05) is 150 Å². The van der Waals surface area contributed by atoms with E-state index in [0.29, 0.717) is 12.8 Å². The zero-order valence-electron chi connectivity index (χ0n) is 36.9. The predicted molar refractivity (Wildman–Crippen MR) is 247 cm³/mol. The van der Waals surface area contributed by atoms with Crippen molar-refractivity contribution in [2.45, 2.75) is 174 Å². The van der Waals surface area contributed by atoms with Crippen LogP contribution in [0, 0.1) is 0 Å². The Kier molecular flexibility index (Phi) is 42.2. The number of ether oxygens (including phenoxy) is 2. The van der Waals surface area contributed by atoms with Crippen molar-refractivity contribution in [2.24, 2.45) is 5.73 Å². The second-order valence-corrected chi connectivity index (χ2v) is 16.0. The molecule has 0 aromatic heterocycles. The van der Waals surface area contributed by atoms with Crippen LogP contribution in [0.4, 0.5) is 0 Å². The SMILES string of the molecule is CCCCCC=CCC=CCC=CCC=CCCCCCC(=O)OCC(COP(=O)(O)OCCN)OC(=O)CCCCCC=CCC=CCC=CCC=CCCCCC. The normalized spacial score (nSPS) is 14.2. The van der Waals surface area contributed by atoms with E-state index in [4.69, 9.17) is 24.3 Å². The molecular formula is C49H82NO8P. The second kappa shape index (κ2) is 44.5. The van der Waals surface area contributed by atoms with Gasteiger partial charge in [-0.3, -0.25) is 18.6 Å². The van der Waals surface area contributed by atoms with Gasteiger partial charge in [0.2, 0.25) is 0 Å². The number of hydrogen-bond acceptors (Lipinski definition) is 8. The van der Waals surface area contributed by atoms with Gasteiger partial charge in [0.15, 0.2) is 6.10 Å². The van der Waals surface area contributed by atoms with Crippen LogP contribution in [0.2, 0.25) is 0 Å². The van der Waals surface area contributed by atoms with Gasteiger partial charge in [0, 0.05) is 19.4 Å². The highest BCUT2D eigenvalue weighted by molar-refractivity contribution is 7.47. The van der Waals surface area contributed by atoms with E-state index in [-0.39, 0.29) is 32.6 Å². The minimum atomic E-state index is -4.40. The molecule has 2 unspecified atom stereocenters. The molecule has 336 valence electrons. The van der Waals surface area contributed by atoms with E-state index in [9.17, 15) is 19.0 Å². The van der Waals surface area contributed by atoms with Gasteiger partial charge >= 0.3 is 19.8 Å². The smallest absolute Gasteiger partial charge is 0.462 e. The highest BCUT2D eigenvalue weighted by Gasteiger charge is 2.26. The van der Waals surface area contributed by atoms with E-state index in [2.05, 4.69) is 111 Å². The monoisotopic (exact) mass is 844 g/mol. The van der Waals surface area contributed by atoms with Crippen LogP contribution in [-0.4, -0.2) is 49.3 Å². The summed E-state index contributed by atoms with van der Waals surface area (Å²) in [5.41, 5.74) is 5.35. The molecule has 0 aliphatic heterocycles. The second-order valence-electron chi connectivity index (χ2n) is 14.6. The first-order chi connectivity index (χ1) is 28.8. The Morgan fingerprint density at radius 2 is 0.881 bits per heavy atom. The average Bonchev–Trinajstić information content (AvgIpc) is 3.22. The van der Waals surface area contributed by atoms with Crippen molar-refractivity contribution in [3.63, 3.8) is 0 Å². The van der Waals surface area contributed by atoms with E-state index in [0.717, 1.165) is 77.0 Å². The molecule has 0 saturated heterocycles. The number of hydrogen-bond donors (Lipinski definition) is 2. The van der Waals surface area contributed by atoms with Gasteiger partial charge in [0.1, 0.15) is 6.61 Å². The highest BCUT2D eigenvalue weighted by Crippen LogP contribution is 2.43. The van der Waals surface area contributed by atoms with Crippen molar-refractivity contribution in [2.75, 3.05) is 26.4 Å². The number of phosphoric acid groups is 1. The lowest BCUT2D eigenvalue weighted by Crippen LogP contribution is -2.29. The van der Waals surface area contributed by atoms with Crippen molar-refractivity contribution < 1.29 is 37.6 Å². The summed E-state index contributed by atoms with van der Waals surface area (Å²) in [5, 5.41) is 0. The molecule has 0 aromatic rings. The molecular weight excluding hydrogens is 762 g/mol. The Hall–Kier alpha value is -3.07. The van der Waals surface area contributed by atoms with Crippen molar-refractivity contribution >= 4 is 19.8 Å². The molecule has 0 radical (unpaired) electrons. The number of carbonyl (C=O) groups excluding carboxylic acids is 2. The van der Waals surface area contributed by atoms with Crippen LogP contribution in [0.5, 0.6) is 0 Å². The molecule has 3 N–H and O–H groups in total. The molecule has 9 nitrogen and oxygen atoms in total. The first-order valence-electron chi connectivity index (χ1n) is 22.7. The molecule has 0 aromatic carbocycles. The molecule has 0 bridgehead atoms. The topological polar surface area (TPSA) is 134 Å². The Morgan fingerprint density at radius 1 is 0.508 bits per heavy atom. The predicted octanol–water partition coefficient (Wildman–Crippen LogP) is 13.4. The summed E-state index contributed by atoms with van der Waals surface area (Å²) in [4.78, 5) is 34.9. The first kappa shape index (κ1) is 55.9. The Bertz CT molecular complexity index is 1280. The summed E-state index contributed by atoms with van der Waals surface area (Å²) in [6, 6.07) is 0. The zero-order valence-corrected chi connectivity index (χ0v) is 37.8. The van der Waals surface area contributed by atoms with Gasteiger partial charge < -0.3 is 20.1 Å². The van der Waals surface area contributed by atoms with Crippen LogP contribution in [0.1, 0.15) is 168 Å². The number of phosphoric ester groups is 1. The van der Waals surface area contributed by atoms with E-state index < -0.39 is 32.5 Å². The van der Waals surface area contributed by atoms with E-state index in [1.807, 2.05) is 0 Å². The number of rotatable bonds is 41. The summed E-state index contributed by atoms with van der Waals surface area (Å²) in [7, 11) is -4.40. The molecule has 0 rings (SSSR count). The summed E-state index contributed by atoms with van der Waals surface area (Å²) >= 11 is 0. The third-order valence-corrected chi connectivity index (χ3v) is 9.93. The summed E-state index contributed by atoms with van der Waals surface area (Å²) in [6.07, 6.45) is 57.2. The Balaban J connectivity index is 4.29. The Morgan fingerprint density at radius 3 is 1.27 bits per heavy atom. The van der Waals surface area contributed by atoms with Crippen LogP contribution < -0.4 is 5.73 Å². The fourth-order valence-corrected chi connectivity index (χ4v) is 6.31. The van der Waals surface area contributed by atoms with E-state index in [1.54, 1.807) is 0 Å². The van der Waals surface area contributed by atoms with Crippen molar-refractivity contribution in [3.8, 4) is 0 Å². The van der Waals surface area contributed by atoms with Gasteiger partial charge in [-0.2, -0.15) is 0 Å². The fraction of sp³-hybridized carbons (Fsp3) is 0.633. The minimum absolute atomic E-state index is 0.0376. The quantitative estimate of drug-likeness (QED) is 0.0267. The minimum Gasteiger partial charge on any atom is -0.462 e. The highest BCUT2D eigenvalue weighted by atomic mass is 31.2. The zero-order chi connectivity index (χ0) is 43.2. The van der Waals surface area contributed by atoms with Crippen LogP contribution >= 0.6 is 7.82 Å². The fourth-order valence-electron chi connectivity index (χ4n) is 5.54. The largest absolute Gasteiger partial charge is 0.472 e. The molecule has 0 fully saturated rings. The van der Waals surface area contributed by atoms with Gasteiger partial charge in [-0.05, 0) is 103 Å². The van der Waals surface area contributed by atoms with Crippen molar-refractivity contribution in [1.82, 2.24) is 0 Å². The van der Waals surface area contributed by atoms with Crippen LogP contribution in [0.15, 0.2) is 97.2 Å². The standard InChI is InChI=1S/C49H82NO8P/c1-3-5-7-9-11-13-15-17-19-21-23-25-27-29-31-33-35-37-39-41-48(51)55-45-47(46-57-59(53,54)56-44-43-50)58-49(52)42-40-38-36-34-32-30-28-26-24-22-20-18-16-14-12-10-8-6-4-2/h11-14,17-20,23-26,29-32,47H,3-10,15-16,21-22,27-28,33-46,50H2,1-2H3,(H,53,54). The average molecular weight is 844 g/mol. The lowest BCUT2D eigenvalue weighted by Gasteiger charge is -2.19. The lowest BCUT2D eigenvalue weighted by molar-refractivity contribution is -0.161. The van der Waals surface area contributed by atoms with Gasteiger partial charge in [0.25, 0.3) is 0 Å². The van der Waals surface area contributed by atoms with Gasteiger partial charge in [0.05, 0.1) is 13.2 Å². The third kappa shape index (κ3) is 44.3. The molecule has 0 aliphatic carbocycles. The molecule has 0 aliphatic rings. The first-order valence-corrected chi connectivity index (χ1v) is 24.2. The molecule has 0 saturated carbocycles. The van der Waals surface area contributed by atoms with Crippen molar-refractivity contribution in [1.29, 1.82) is 0 Å². The molecule has 0 amide bonds. The maximum atomic E-state index is 12.6. The number of carbonyl (C=O) groups is 2. The molecule has 10 heteroatoms. The maximum Gasteiger partial charge on any atom is 0.472 e. The molecule has 0 heterocycles. The number of nitrogens with two attached hydrogens (primary N) is 1. The number of esters is 2. The van der Waals surface area contributed by atoms with E-state index >= 15 is 0 Å². The summed E-state index contributed by atoms with van der Waals surface area (Å²) in [6.45, 7) is 3.58. The van der Waals surface area contributed by atoms with E-state index in [1.165, 1.54) is 51.4 Å².